The molecule has 0 unspecified atom stereocenters. The van der Waals surface area contributed by atoms with Crippen molar-refractivity contribution in [2.75, 3.05) is 25.0 Å². The first-order valence-electron chi connectivity index (χ1n) is 5.82. The van der Waals surface area contributed by atoms with Gasteiger partial charge in [-0.25, -0.2) is 0 Å². The summed E-state index contributed by atoms with van der Waals surface area (Å²) >= 11 is 0. The van der Waals surface area contributed by atoms with E-state index in [-0.39, 0.29) is 0 Å². The number of nitrogens with zero attached hydrogens (tertiary/aromatic N) is 2. The number of primary amides is 1. The zero-order chi connectivity index (χ0) is 12.7. The molecular weight excluding hydrogens is 216 g/mol. The Hall–Kier alpha value is -1.62. The van der Waals surface area contributed by atoms with Crippen molar-refractivity contribution < 1.29 is 4.79 Å². The SMILES string of the molecule is CN(CCCCCN)c1ccnc(C(N)=O)c1. The van der Waals surface area contributed by atoms with Gasteiger partial charge in [0.05, 0.1) is 0 Å². The Labute approximate surface area is 102 Å². The number of unbranched alkanes of at least 4 members (excludes halogenated alkanes) is 2. The highest BCUT2D eigenvalue weighted by Crippen LogP contribution is 2.13. The largest absolute Gasteiger partial charge is 0.374 e. The van der Waals surface area contributed by atoms with Gasteiger partial charge in [-0.3, -0.25) is 9.78 Å². The predicted octanol–water partition coefficient (Wildman–Crippen LogP) is 0.746. The van der Waals surface area contributed by atoms with Crippen molar-refractivity contribution in [2.45, 2.75) is 19.3 Å². The first-order chi connectivity index (χ1) is 8.15. The van der Waals surface area contributed by atoms with Crippen LogP contribution in [0.1, 0.15) is 29.8 Å². The Morgan fingerprint density at radius 2 is 2.18 bits per heavy atom. The van der Waals surface area contributed by atoms with Crippen LogP contribution >= 0.6 is 0 Å². The van der Waals surface area contributed by atoms with E-state index in [2.05, 4.69) is 9.88 Å². The standard InChI is InChI=1S/C12H20N4O/c1-16(8-4-2-3-6-13)10-5-7-15-11(9-10)12(14)17/h5,7,9H,2-4,6,8,13H2,1H3,(H2,14,17). The number of hydrogen-bond donors (Lipinski definition) is 2. The van der Waals surface area contributed by atoms with Gasteiger partial charge in [0.25, 0.3) is 5.91 Å². The van der Waals surface area contributed by atoms with Gasteiger partial charge in [0.15, 0.2) is 0 Å². The molecule has 5 heteroatoms. The summed E-state index contributed by atoms with van der Waals surface area (Å²) in [7, 11) is 1.99. The van der Waals surface area contributed by atoms with E-state index in [0.29, 0.717) is 5.69 Å². The molecule has 5 nitrogen and oxygen atoms in total. The third kappa shape index (κ3) is 4.40. The topological polar surface area (TPSA) is 85.2 Å². The minimum Gasteiger partial charge on any atom is -0.374 e. The van der Waals surface area contributed by atoms with E-state index in [1.807, 2.05) is 13.1 Å². The molecule has 0 radical (unpaired) electrons. The van der Waals surface area contributed by atoms with Crippen LogP contribution < -0.4 is 16.4 Å². The minimum absolute atomic E-state index is 0.302. The molecule has 1 amide bonds. The molecule has 0 bridgehead atoms. The van der Waals surface area contributed by atoms with E-state index in [9.17, 15) is 4.79 Å². The number of nitrogens with two attached hydrogens (primary N) is 2. The highest BCUT2D eigenvalue weighted by Gasteiger charge is 2.05. The predicted molar refractivity (Wildman–Crippen MR) is 68.9 cm³/mol. The molecule has 94 valence electrons. The molecule has 0 aliphatic heterocycles. The summed E-state index contributed by atoms with van der Waals surface area (Å²) in [4.78, 5) is 17.0. The van der Waals surface area contributed by atoms with Gasteiger partial charge in [-0.15, -0.1) is 0 Å². The monoisotopic (exact) mass is 236 g/mol. The Morgan fingerprint density at radius 3 is 2.82 bits per heavy atom. The zero-order valence-corrected chi connectivity index (χ0v) is 10.2. The number of carbonyl (C=O) groups is 1. The lowest BCUT2D eigenvalue weighted by Gasteiger charge is -2.19. The maximum atomic E-state index is 11.0. The Morgan fingerprint density at radius 1 is 1.41 bits per heavy atom. The van der Waals surface area contributed by atoms with E-state index in [1.54, 1.807) is 12.3 Å². The summed E-state index contributed by atoms with van der Waals surface area (Å²) in [5, 5.41) is 0. The number of carbonyl (C=O) groups excluding carboxylic acids is 1. The molecule has 0 spiro atoms. The molecule has 0 fully saturated rings. The van der Waals surface area contributed by atoms with E-state index in [1.165, 1.54) is 0 Å². The number of rotatable bonds is 7. The van der Waals surface area contributed by atoms with Crippen molar-refractivity contribution in [1.82, 2.24) is 4.98 Å². The molecule has 0 aliphatic rings. The van der Waals surface area contributed by atoms with E-state index in [0.717, 1.165) is 38.0 Å². The van der Waals surface area contributed by atoms with Gasteiger partial charge >= 0.3 is 0 Å². The first kappa shape index (κ1) is 13.4. The fourth-order valence-corrected chi connectivity index (χ4v) is 1.59. The van der Waals surface area contributed by atoms with Crippen LogP contribution in [0.4, 0.5) is 5.69 Å². The minimum atomic E-state index is -0.497. The molecule has 1 heterocycles. The lowest BCUT2D eigenvalue weighted by Crippen LogP contribution is -2.20. The zero-order valence-electron chi connectivity index (χ0n) is 10.2. The summed E-state index contributed by atoms with van der Waals surface area (Å²) in [5.74, 6) is -0.497. The smallest absolute Gasteiger partial charge is 0.267 e. The van der Waals surface area contributed by atoms with Gasteiger partial charge < -0.3 is 16.4 Å². The van der Waals surface area contributed by atoms with Gasteiger partial charge in [0.1, 0.15) is 5.69 Å². The van der Waals surface area contributed by atoms with Crippen LogP contribution in [0.5, 0.6) is 0 Å². The van der Waals surface area contributed by atoms with Crippen molar-refractivity contribution in [3.05, 3.63) is 24.0 Å². The van der Waals surface area contributed by atoms with Crippen LogP contribution in [0.25, 0.3) is 0 Å². The molecule has 0 aliphatic carbocycles. The summed E-state index contributed by atoms with van der Waals surface area (Å²) in [6, 6.07) is 3.58. The molecule has 0 saturated carbocycles. The summed E-state index contributed by atoms with van der Waals surface area (Å²) < 4.78 is 0. The second-order valence-electron chi connectivity index (χ2n) is 4.03. The van der Waals surface area contributed by atoms with Gasteiger partial charge in [0, 0.05) is 25.5 Å². The second-order valence-corrected chi connectivity index (χ2v) is 4.03. The number of anilines is 1. The second kappa shape index (κ2) is 6.85. The number of amides is 1. The fourth-order valence-electron chi connectivity index (χ4n) is 1.59. The van der Waals surface area contributed by atoms with Crippen molar-refractivity contribution in [3.63, 3.8) is 0 Å². The average Bonchev–Trinajstić information content (AvgIpc) is 2.34. The number of pyridine rings is 1. The van der Waals surface area contributed by atoms with E-state index >= 15 is 0 Å². The fraction of sp³-hybridized carbons (Fsp3) is 0.500. The van der Waals surface area contributed by atoms with Crippen LogP contribution in [-0.2, 0) is 0 Å². The van der Waals surface area contributed by atoms with Gasteiger partial charge in [0.2, 0.25) is 0 Å². The van der Waals surface area contributed by atoms with Crippen LogP contribution in [0.15, 0.2) is 18.3 Å². The quantitative estimate of drug-likeness (QED) is 0.684. The highest BCUT2D eigenvalue weighted by molar-refractivity contribution is 5.91. The number of aromatic nitrogens is 1. The first-order valence-corrected chi connectivity index (χ1v) is 5.82. The summed E-state index contributed by atoms with van der Waals surface area (Å²) in [6.07, 6.45) is 4.86. The highest BCUT2D eigenvalue weighted by atomic mass is 16.1. The number of hydrogen-bond acceptors (Lipinski definition) is 4. The Balaban J connectivity index is 2.53. The average molecular weight is 236 g/mol. The van der Waals surface area contributed by atoms with Crippen LogP contribution in [0.3, 0.4) is 0 Å². The van der Waals surface area contributed by atoms with E-state index in [4.69, 9.17) is 11.5 Å². The van der Waals surface area contributed by atoms with Gasteiger partial charge in [-0.05, 0) is 31.5 Å². The summed E-state index contributed by atoms with van der Waals surface area (Å²) in [6.45, 7) is 1.67. The van der Waals surface area contributed by atoms with Crippen LogP contribution in [-0.4, -0.2) is 31.0 Å². The maximum Gasteiger partial charge on any atom is 0.267 e. The van der Waals surface area contributed by atoms with Gasteiger partial charge in [-0.1, -0.05) is 6.42 Å². The Bertz CT molecular complexity index is 367. The van der Waals surface area contributed by atoms with Crippen LogP contribution in [0.2, 0.25) is 0 Å². The maximum absolute atomic E-state index is 11.0. The van der Waals surface area contributed by atoms with Gasteiger partial charge in [-0.2, -0.15) is 0 Å². The molecule has 17 heavy (non-hydrogen) atoms. The van der Waals surface area contributed by atoms with Crippen LogP contribution in [0, 0.1) is 0 Å². The molecule has 4 N–H and O–H groups in total. The molecule has 1 aromatic heterocycles. The summed E-state index contributed by atoms with van der Waals surface area (Å²) in [5.41, 5.74) is 11.9. The third-order valence-electron chi connectivity index (χ3n) is 2.63. The molecule has 0 aromatic carbocycles. The van der Waals surface area contributed by atoms with Crippen molar-refractivity contribution in [3.8, 4) is 0 Å². The normalized spacial score (nSPS) is 10.2. The molecule has 0 atom stereocenters. The Kier molecular flexibility index (Phi) is 5.42. The molecule has 1 aromatic rings. The van der Waals surface area contributed by atoms with Crippen molar-refractivity contribution in [2.24, 2.45) is 11.5 Å². The van der Waals surface area contributed by atoms with E-state index < -0.39 is 5.91 Å². The van der Waals surface area contributed by atoms with Crippen molar-refractivity contribution in [1.29, 1.82) is 0 Å². The molecule has 0 saturated heterocycles. The third-order valence-corrected chi connectivity index (χ3v) is 2.63. The van der Waals surface area contributed by atoms with Crippen molar-refractivity contribution >= 4 is 11.6 Å². The molecule has 1 rings (SSSR count). The lowest BCUT2D eigenvalue weighted by atomic mass is 10.2. The lowest BCUT2D eigenvalue weighted by molar-refractivity contribution is 0.0995. The molecular formula is C12H20N4O.